The molecule has 184 valence electrons. The van der Waals surface area contributed by atoms with Crippen molar-refractivity contribution in [1.29, 1.82) is 0 Å². The Morgan fingerprint density at radius 1 is 0.971 bits per heavy atom. The van der Waals surface area contributed by atoms with E-state index in [1.54, 1.807) is 30.3 Å². The molecule has 7 heteroatoms. The van der Waals surface area contributed by atoms with Crippen LogP contribution in [0, 0.1) is 9.39 Å². The Hall–Kier alpha value is -2.94. The number of halogens is 2. The lowest BCUT2D eigenvalue weighted by Crippen LogP contribution is -2.55. The van der Waals surface area contributed by atoms with Gasteiger partial charge in [0.2, 0.25) is 5.91 Å². The molecule has 0 aromatic heterocycles. The van der Waals surface area contributed by atoms with Gasteiger partial charge in [-0.05, 0) is 79.3 Å². The minimum absolute atomic E-state index is 0.0589. The molecular weight excluding hydrogens is 558 g/mol. The Labute approximate surface area is 219 Å². The Kier molecular flexibility index (Phi) is 9.26. The van der Waals surface area contributed by atoms with Crippen LogP contribution in [0.15, 0.2) is 78.9 Å². The van der Waals surface area contributed by atoms with E-state index in [1.165, 1.54) is 11.0 Å². The summed E-state index contributed by atoms with van der Waals surface area (Å²) in [6.45, 7) is 5.31. The number of carbonyl (C=O) groups is 2. The number of hydrogen-bond acceptors (Lipinski definition) is 3. The molecule has 0 spiro atoms. The minimum Gasteiger partial charge on any atom is -0.484 e. The summed E-state index contributed by atoms with van der Waals surface area (Å²) < 4.78 is 21.4. The SMILES string of the molecule is CC(C)(C)NC(=O)[C@H](Cc1ccccc1)N(Cc1ccccc1F)C(=O)COc1ccc(I)cc1. The molecule has 0 radical (unpaired) electrons. The molecule has 0 saturated carbocycles. The first-order valence-electron chi connectivity index (χ1n) is 11.4. The van der Waals surface area contributed by atoms with E-state index in [2.05, 4.69) is 27.9 Å². The smallest absolute Gasteiger partial charge is 0.261 e. The van der Waals surface area contributed by atoms with Gasteiger partial charge in [-0.15, -0.1) is 0 Å². The van der Waals surface area contributed by atoms with Gasteiger partial charge in [0.1, 0.15) is 17.6 Å². The number of nitrogens with zero attached hydrogens (tertiary/aromatic N) is 1. The quantitative estimate of drug-likeness (QED) is 0.343. The second-order valence-corrected chi connectivity index (χ2v) is 10.5. The van der Waals surface area contributed by atoms with E-state index in [0.717, 1.165) is 9.13 Å². The third-order valence-electron chi connectivity index (χ3n) is 5.24. The largest absolute Gasteiger partial charge is 0.484 e. The summed E-state index contributed by atoms with van der Waals surface area (Å²) in [5, 5.41) is 2.99. The number of rotatable bonds is 9. The first-order chi connectivity index (χ1) is 16.6. The summed E-state index contributed by atoms with van der Waals surface area (Å²) in [5.41, 5.74) is 0.722. The van der Waals surface area contributed by atoms with Gasteiger partial charge in [-0.25, -0.2) is 4.39 Å². The minimum atomic E-state index is -0.857. The molecule has 0 heterocycles. The van der Waals surface area contributed by atoms with Gasteiger partial charge in [0, 0.05) is 27.6 Å². The third-order valence-corrected chi connectivity index (χ3v) is 5.96. The van der Waals surface area contributed by atoms with Gasteiger partial charge >= 0.3 is 0 Å². The van der Waals surface area contributed by atoms with Gasteiger partial charge in [0.05, 0.1) is 0 Å². The fraction of sp³-hybridized carbons (Fsp3) is 0.286. The molecule has 0 aliphatic carbocycles. The van der Waals surface area contributed by atoms with Crippen molar-refractivity contribution in [1.82, 2.24) is 10.2 Å². The van der Waals surface area contributed by atoms with Crippen LogP contribution in [0.4, 0.5) is 4.39 Å². The van der Waals surface area contributed by atoms with Crippen LogP contribution in [0.2, 0.25) is 0 Å². The van der Waals surface area contributed by atoms with Crippen LogP contribution >= 0.6 is 22.6 Å². The standard InChI is InChI=1S/C28H30FIN2O3/c1-28(2,3)31-27(34)25(17-20-9-5-4-6-10-20)32(18-21-11-7-8-12-24(21)29)26(33)19-35-23-15-13-22(30)14-16-23/h4-16,25H,17-19H2,1-3H3,(H,31,34)/t25-/m0/s1. The Balaban J connectivity index is 1.93. The number of benzene rings is 3. The van der Waals surface area contributed by atoms with E-state index in [1.807, 2.05) is 63.2 Å². The highest BCUT2D eigenvalue weighted by Crippen LogP contribution is 2.19. The third kappa shape index (κ3) is 8.35. The molecule has 0 unspecified atom stereocenters. The maximum Gasteiger partial charge on any atom is 0.261 e. The first-order valence-corrected chi connectivity index (χ1v) is 12.5. The number of carbonyl (C=O) groups excluding carboxylic acids is 2. The van der Waals surface area contributed by atoms with E-state index in [0.29, 0.717) is 11.3 Å². The van der Waals surface area contributed by atoms with Crippen LogP contribution in [0.5, 0.6) is 5.75 Å². The molecular formula is C28H30FIN2O3. The van der Waals surface area contributed by atoms with Crippen LogP contribution in [-0.2, 0) is 22.6 Å². The van der Waals surface area contributed by atoms with Gasteiger partial charge in [0.15, 0.2) is 6.61 Å². The van der Waals surface area contributed by atoms with Gasteiger partial charge in [-0.1, -0.05) is 48.5 Å². The van der Waals surface area contributed by atoms with Crippen LogP contribution in [0.25, 0.3) is 0 Å². The molecule has 3 aromatic rings. The molecule has 0 aliphatic heterocycles. The Morgan fingerprint density at radius 2 is 1.60 bits per heavy atom. The lowest BCUT2D eigenvalue weighted by molar-refractivity contribution is -0.143. The zero-order chi connectivity index (χ0) is 25.4. The molecule has 1 N–H and O–H groups in total. The predicted octanol–water partition coefficient (Wildman–Crippen LogP) is 5.36. The first kappa shape index (κ1) is 26.7. The van der Waals surface area contributed by atoms with Crippen LogP contribution in [-0.4, -0.2) is 34.9 Å². The van der Waals surface area contributed by atoms with Crippen molar-refractivity contribution < 1.29 is 18.7 Å². The van der Waals surface area contributed by atoms with Crippen molar-refractivity contribution in [2.75, 3.05) is 6.61 Å². The lowest BCUT2D eigenvalue weighted by Gasteiger charge is -2.33. The van der Waals surface area contributed by atoms with E-state index in [4.69, 9.17) is 4.74 Å². The highest BCUT2D eigenvalue weighted by molar-refractivity contribution is 14.1. The molecule has 1 atom stereocenters. The summed E-state index contributed by atoms with van der Waals surface area (Å²) in [5.74, 6) is -0.598. The zero-order valence-electron chi connectivity index (χ0n) is 20.1. The topological polar surface area (TPSA) is 58.6 Å². The van der Waals surface area contributed by atoms with Crippen LogP contribution in [0.1, 0.15) is 31.9 Å². The summed E-state index contributed by atoms with van der Waals surface area (Å²) in [6.07, 6.45) is 0.284. The summed E-state index contributed by atoms with van der Waals surface area (Å²) in [7, 11) is 0. The summed E-state index contributed by atoms with van der Waals surface area (Å²) >= 11 is 2.19. The van der Waals surface area contributed by atoms with Crippen molar-refractivity contribution in [2.24, 2.45) is 0 Å². The fourth-order valence-corrected chi connectivity index (χ4v) is 3.94. The van der Waals surface area contributed by atoms with Gasteiger partial charge in [-0.2, -0.15) is 0 Å². The van der Waals surface area contributed by atoms with Crippen molar-refractivity contribution in [3.8, 4) is 5.75 Å². The number of ether oxygens (including phenoxy) is 1. The molecule has 0 bridgehead atoms. The average molecular weight is 588 g/mol. The molecule has 0 aliphatic rings. The highest BCUT2D eigenvalue weighted by atomic mass is 127. The van der Waals surface area contributed by atoms with Gasteiger partial charge in [-0.3, -0.25) is 9.59 Å². The maximum absolute atomic E-state index is 14.6. The van der Waals surface area contributed by atoms with Crippen molar-refractivity contribution in [2.45, 2.75) is 45.3 Å². The second kappa shape index (κ2) is 12.2. The average Bonchev–Trinajstić information content (AvgIpc) is 2.81. The molecule has 35 heavy (non-hydrogen) atoms. The normalized spacial score (nSPS) is 12.0. The Morgan fingerprint density at radius 3 is 2.23 bits per heavy atom. The summed E-state index contributed by atoms with van der Waals surface area (Å²) in [6, 6.07) is 22.2. The van der Waals surface area contributed by atoms with Crippen molar-refractivity contribution in [3.63, 3.8) is 0 Å². The Bertz CT molecular complexity index is 1130. The molecule has 2 amide bonds. The van der Waals surface area contributed by atoms with Crippen LogP contribution < -0.4 is 10.1 Å². The molecule has 0 saturated heterocycles. The molecule has 3 rings (SSSR count). The second-order valence-electron chi connectivity index (χ2n) is 9.30. The monoisotopic (exact) mass is 588 g/mol. The van der Waals surface area contributed by atoms with Crippen LogP contribution in [0.3, 0.4) is 0 Å². The summed E-state index contributed by atoms with van der Waals surface area (Å²) in [4.78, 5) is 28.4. The van der Waals surface area contributed by atoms with E-state index < -0.39 is 23.3 Å². The van der Waals surface area contributed by atoms with Gasteiger partial charge < -0.3 is 15.0 Å². The lowest BCUT2D eigenvalue weighted by atomic mass is 10.0. The maximum atomic E-state index is 14.6. The highest BCUT2D eigenvalue weighted by Gasteiger charge is 2.32. The van der Waals surface area contributed by atoms with Crippen molar-refractivity contribution in [3.05, 3.63) is 99.4 Å². The molecule has 0 fully saturated rings. The van der Waals surface area contributed by atoms with E-state index in [9.17, 15) is 14.0 Å². The zero-order valence-corrected chi connectivity index (χ0v) is 22.3. The number of amides is 2. The van der Waals surface area contributed by atoms with E-state index in [-0.39, 0.29) is 25.5 Å². The predicted molar refractivity (Wildman–Crippen MR) is 143 cm³/mol. The number of nitrogens with one attached hydrogen (secondary N) is 1. The van der Waals surface area contributed by atoms with E-state index >= 15 is 0 Å². The molecule has 5 nitrogen and oxygen atoms in total. The molecule has 3 aromatic carbocycles. The number of hydrogen-bond donors (Lipinski definition) is 1. The van der Waals surface area contributed by atoms with Gasteiger partial charge in [0.25, 0.3) is 5.91 Å². The van der Waals surface area contributed by atoms with Crippen molar-refractivity contribution >= 4 is 34.4 Å². The fourth-order valence-electron chi connectivity index (χ4n) is 3.58.